The number of alkyl carbamates (subject to hydrolysis) is 1. The number of benzene rings is 1. The van der Waals surface area contributed by atoms with Gasteiger partial charge in [-0.1, -0.05) is 0 Å². The van der Waals surface area contributed by atoms with E-state index in [0.29, 0.717) is 6.42 Å². The number of amides is 1. The number of rotatable bonds is 16. The Kier molecular flexibility index (Phi) is 12.4. The summed E-state index contributed by atoms with van der Waals surface area (Å²) in [4.78, 5) is 23.3. The molecule has 0 unspecified atom stereocenters. The summed E-state index contributed by atoms with van der Waals surface area (Å²) < 4.78 is 83.3. The monoisotopic (exact) mass is 571 g/mol. The van der Waals surface area contributed by atoms with Gasteiger partial charge in [0.05, 0.1) is 36.9 Å². The molecule has 0 aliphatic carbocycles. The molecule has 0 aliphatic heterocycles. The lowest BCUT2D eigenvalue weighted by atomic mass is 10.2. The molecule has 1 aromatic carbocycles. The minimum Gasteiger partial charge on any atom is -0.489 e. The van der Waals surface area contributed by atoms with E-state index in [-0.39, 0.29) is 62.0 Å². The summed E-state index contributed by atoms with van der Waals surface area (Å²) in [6.07, 6.45) is -0.548. The fraction of sp³-hybridized carbons (Fsp3) is 0.619. The Morgan fingerprint density at radius 3 is 1.70 bits per heavy atom. The maximum Gasteiger partial charge on any atom is 0.407 e. The third-order valence-electron chi connectivity index (χ3n) is 4.11. The van der Waals surface area contributed by atoms with Crippen LogP contribution >= 0.6 is 0 Å². The molecule has 14 nitrogen and oxygen atoms in total. The van der Waals surface area contributed by atoms with Gasteiger partial charge in [0.15, 0.2) is 11.5 Å². The average molecular weight is 572 g/mol. The highest BCUT2D eigenvalue weighted by molar-refractivity contribution is 7.86. The zero-order chi connectivity index (χ0) is 28.3. The molecule has 0 saturated carbocycles. The van der Waals surface area contributed by atoms with Crippen LogP contribution in [0.15, 0.2) is 12.1 Å². The van der Waals surface area contributed by atoms with Crippen LogP contribution in [0, 0.1) is 0 Å². The van der Waals surface area contributed by atoms with E-state index in [2.05, 4.69) is 5.32 Å². The second-order valence-electron chi connectivity index (χ2n) is 8.71. The van der Waals surface area contributed by atoms with Gasteiger partial charge in [0.25, 0.3) is 20.2 Å². The molecule has 0 saturated heterocycles. The van der Waals surface area contributed by atoms with Crippen molar-refractivity contribution in [2.24, 2.45) is 0 Å². The number of carboxylic acids is 1. The Morgan fingerprint density at radius 1 is 0.838 bits per heavy atom. The molecular formula is C21H33NO13S2. The Balaban J connectivity index is 2.99. The van der Waals surface area contributed by atoms with Crippen molar-refractivity contribution in [1.29, 1.82) is 0 Å². The number of carboxylic acid groups (broad SMARTS) is 1. The SMILES string of the molecule is CC(C)(C)OC(=O)NCCCOc1c(OCCCS(=O)(=O)O)cc(C(=O)O)cc1OCCCS(=O)(=O)O. The summed E-state index contributed by atoms with van der Waals surface area (Å²) in [5.41, 5.74) is -0.927. The van der Waals surface area contributed by atoms with E-state index in [4.69, 9.17) is 28.1 Å². The van der Waals surface area contributed by atoms with Crippen LogP contribution in [0.3, 0.4) is 0 Å². The van der Waals surface area contributed by atoms with E-state index in [1.807, 2.05) is 0 Å². The van der Waals surface area contributed by atoms with Gasteiger partial charge >= 0.3 is 12.1 Å². The van der Waals surface area contributed by atoms with Crippen molar-refractivity contribution in [2.45, 2.75) is 45.6 Å². The average Bonchev–Trinajstić information content (AvgIpc) is 2.72. The molecule has 0 heterocycles. The van der Waals surface area contributed by atoms with Gasteiger partial charge in [-0.3, -0.25) is 9.11 Å². The van der Waals surface area contributed by atoms with Gasteiger partial charge in [0.1, 0.15) is 5.60 Å². The molecule has 0 bridgehead atoms. The van der Waals surface area contributed by atoms with Crippen LogP contribution in [0.1, 0.15) is 50.4 Å². The first kappa shape index (κ1) is 32.2. The standard InChI is InChI=1S/C21H33NO13S2/c1-21(2,3)35-20(25)22-7-4-8-34-18-16(32-9-5-11-36(26,27)28)13-15(19(23)24)14-17(18)33-10-6-12-37(29,30)31/h13-14H,4-12H2,1-3H3,(H,22,25)(H,23,24)(H,26,27,28)(H,29,30,31). The van der Waals surface area contributed by atoms with E-state index >= 15 is 0 Å². The van der Waals surface area contributed by atoms with Crippen molar-refractivity contribution in [3.63, 3.8) is 0 Å². The molecule has 4 N–H and O–H groups in total. The van der Waals surface area contributed by atoms with Gasteiger partial charge in [0.2, 0.25) is 5.75 Å². The molecule has 37 heavy (non-hydrogen) atoms. The first-order valence-corrected chi connectivity index (χ1v) is 14.4. The Morgan fingerprint density at radius 2 is 1.30 bits per heavy atom. The minimum absolute atomic E-state index is 0.00493. The predicted octanol–water partition coefficient (Wildman–Crippen LogP) is 1.99. The number of carbonyl (C=O) groups excluding carboxylic acids is 1. The largest absolute Gasteiger partial charge is 0.489 e. The van der Waals surface area contributed by atoms with E-state index in [9.17, 15) is 31.5 Å². The molecule has 0 radical (unpaired) electrons. The van der Waals surface area contributed by atoms with Crippen LogP contribution in [0.25, 0.3) is 0 Å². The highest BCUT2D eigenvalue weighted by Gasteiger charge is 2.20. The third kappa shape index (κ3) is 15.1. The van der Waals surface area contributed by atoms with Gasteiger partial charge in [-0.05, 0) is 52.2 Å². The second kappa shape index (κ2) is 14.2. The Hall–Kier alpha value is -2.82. The number of nitrogens with one attached hydrogen (secondary N) is 1. The van der Waals surface area contributed by atoms with Crippen LogP contribution in [0.2, 0.25) is 0 Å². The zero-order valence-corrected chi connectivity index (χ0v) is 22.4. The fourth-order valence-electron chi connectivity index (χ4n) is 2.65. The molecule has 0 aromatic heterocycles. The quantitative estimate of drug-likeness (QED) is 0.165. The van der Waals surface area contributed by atoms with E-state index in [0.717, 1.165) is 12.1 Å². The summed E-state index contributed by atoms with van der Waals surface area (Å²) in [5.74, 6) is -2.74. The number of carbonyl (C=O) groups is 2. The summed E-state index contributed by atoms with van der Waals surface area (Å²) in [6.45, 7) is 4.88. The van der Waals surface area contributed by atoms with Crippen molar-refractivity contribution in [1.82, 2.24) is 5.32 Å². The lowest BCUT2D eigenvalue weighted by molar-refractivity contribution is 0.0524. The highest BCUT2D eigenvalue weighted by Crippen LogP contribution is 2.39. The summed E-state index contributed by atoms with van der Waals surface area (Å²) in [7, 11) is -8.46. The summed E-state index contributed by atoms with van der Waals surface area (Å²) >= 11 is 0. The lowest BCUT2D eigenvalue weighted by Crippen LogP contribution is -2.33. The molecule has 1 aromatic rings. The second-order valence-corrected chi connectivity index (χ2v) is 11.9. The molecule has 16 heteroatoms. The summed E-state index contributed by atoms with van der Waals surface area (Å²) in [5, 5.41) is 12.0. The van der Waals surface area contributed by atoms with Gasteiger partial charge in [-0.25, -0.2) is 9.59 Å². The van der Waals surface area contributed by atoms with Crippen molar-refractivity contribution in [3.8, 4) is 17.2 Å². The first-order chi connectivity index (χ1) is 17.0. The normalized spacial score (nSPS) is 12.0. The zero-order valence-electron chi connectivity index (χ0n) is 20.8. The molecular weight excluding hydrogens is 538 g/mol. The van der Waals surface area contributed by atoms with E-state index in [1.54, 1.807) is 20.8 Å². The summed E-state index contributed by atoms with van der Waals surface area (Å²) in [6, 6.07) is 2.27. The van der Waals surface area contributed by atoms with Gasteiger partial charge in [-0.2, -0.15) is 16.8 Å². The van der Waals surface area contributed by atoms with Crippen LogP contribution in [-0.2, 0) is 25.0 Å². The number of hydrogen-bond acceptors (Lipinski definition) is 10. The smallest absolute Gasteiger partial charge is 0.407 e. The van der Waals surface area contributed by atoms with E-state index < -0.39 is 49.4 Å². The predicted molar refractivity (Wildman–Crippen MR) is 131 cm³/mol. The number of ether oxygens (including phenoxy) is 4. The van der Waals surface area contributed by atoms with Crippen LogP contribution in [-0.4, -0.2) is 86.6 Å². The fourth-order valence-corrected chi connectivity index (χ4v) is 3.62. The molecule has 0 spiro atoms. The van der Waals surface area contributed by atoms with Gasteiger partial charge in [-0.15, -0.1) is 0 Å². The van der Waals surface area contributed by atoms with Crippen molar-refractivity contribution in [3.05, 3.63) is 17.7 Å². The van der Waals surface area contributed by atoms with Crippen molar-refractivity contribution in [2.75, 3.05) is 37.9 Å². The Bertz CT molecular complexity index is 1060. The van der Waals surface area contributed by atoms with Gasteiger partial charge < -0.3 is 29.4 Å². The van der Waals surface area contributed by atoms with Crippen molar-refractivity contribution >= 4 is 32.3 Å². The topological polar surface area (TPSA) is 212 Å². The lowest BCUT2D eigenvalue weighted by Gasteiger charge is -2.20. The molecule has 1 rings (SSSR count). The Labute approximate surface area is 215 Å². The first-order valence-electron chi connectivity index (χ1n) is 11.1. The van der Waals surface area contributed by atoms with Crippen molar-refractivity contribution < 1.29 is 59.6 Å². The van der Waals surface area contributed by atoms with Crippen LogP contribution < -0.4 is 19.5 Å². The van der Waals surface area contributed by atoms with Gasteiger partial charge in [0, 0.05) is 6.54 Å². The van der Waals surface area contributed by atoms with E-state index in [1.165, 1.54) is 0 Å². The number of aromatic carboxylic acids is 1. The maximum atomic E-state index is 11.7. The van der Waals surface area contributed by atoms with Crippen LogP contribution in [0.5, 0.6) is 17.2 Å². The molecule has 0 atom stereocenters. The molecule has 212 valence electrons. The molecule has 1 amide bonds. The van der Waals surface area contributed by atoms with Crippen LogP contribution in [0.4, 0.5) is 4.79 Å². The third-order valence-corrected chi connectivity index (χ3v) is 5.72. The minimum atomic E-state index is -4.23. The molecule has 0 aliphatic rings. The number of hydrogen-bond donors (Lipinski definition) is 4. The molecule has 0 fully saturated rings. The maximum absolute atomic E-state index is 11.7. The highest BCUT2D eigenvalue weighted by atomic mass is 32.2.